The minimum absolute atomic E-state index is 0.0482. The van der Waals surface area contributed by atoms with Gasteiger partial charge in [0.1, 0.15) is 10.7 Å². The van der Waals surface area contributed by atoms with Crippen LogP contribution in [0.4, 0.5) is 23.4 Å². The van der Waals surface area contributed by atoms with Crippen molar-refractivity contribution < 1.29 is 31.1 Å². The Kier molecular flexibility index (Phi) is 5.83. The van der Waals surface area contributed by atoms with E-state index in [2.05, 4.69) is 9.97 Å². The lowest BCUT2D eigenvalue weighted by molar-refractivity contribution is -0.141. The van der Waals surface area contributed by atoms with Crippen molar-refractivity contribution in [1.29, 1.82) is 0 Å². The molecule has 178 valence electrons. The molecule has 33 heavy (non-hydrogen) atoms. The molecule has 1 fully saturated rings. The highest BCUT2D eigenvalue weighted by Gasteiger charge is 2.35. The molecule has 3 N–H and O–H groups in total. The Labute approximate surface area is 186 Å². The molecular weight excluding hydrogens is 466 g/mol. The number of halogens is 4. The van der Waals surface area contributed by atoms with E-state index in [0.29, 0.717) is 24.6 Å². The summed E-state index contributed by atoms with van der Waals surface area (Å²) in [6.45, 7) is 1.54. The van der Waals surface area contributed by atoms with E-state index in [4.69, 9.17) is 5.73 Å². The Hall–Kier alpha value is -2.77. The number of nitrogen functional groups attached to an aromatic ring is 1. The van der Waals surface area contributed by atoms with E-state index in [0.717, 1.165) is 20.8 Å². The lowest BCUT2D eigenvalue weighted by Gasteiger charge is -2.31. The highest BCUT2D eigenvalue weighted by atomic mass is 32.2. The van der Waals surface area contributed by atoms with E-state index in [9.17, 15) is 31.1 Å². The Balaban J connectivity index is 1.86. The monoisotopic (exact) mass is 487 g/mol. The molecule has 1 atom stereocenters. The number of aromatic nitrogens is 3. The fourth-order valence-electron chi connectivity index (χ4n) is 4.01. The number of imidazole rings is 1. The summed E-state index contributed by atoms with van der Waals surface area (Å²) in [6, 6.07) is 2.11. The number of benzene rings is 1. The number of piperidine rings is 1. The lowest BCUT2D eigenvalue weighted by atomic mass is 10.0. The summed E-state index contributed by atoms with van der Waals surface area (Å²) in [6.07, 6.45) is -1.66. The van der Waals surface area contributed by atoms with Crippen molar-refractivity contribution >= 4 is 21.5 Å². The molecular formula is C20H21F4N5O3S. The molecule has 4 rings (SSSR count). The molecule has 3 aromatic rings. The third-order valence-corrected chi connectivity index (χ3v) is 7.60. The predicted molar refractivity (Wildman–Crippen MR) is 111 cm³/mol. The standard InChI is InChI=1S/C20H21F4N5O3S/c1-11-5-14(21)16(33(31,32)28-4-2-3-12(8-28)10-30)6-13(11)15-7-26-19-18(25)27-17(9-29(15)19)20(22,23)24/h5-7,9,12,30H,2-4,8,10H2,1H3,(H2,25,27). The fourth-order valence-corrected chi connectivity index (χ4v) is 5.63. The number of nitrogens with zero attached hydrogens (tertiary/aromatic N) is 4. The molecule has 1 aliphatic heterocycles. The van der Waals surface area contributed by atoms with Crippen LogP contribution in [-0.4, -0.2) is 51.9 Å². The van der Waals surface area contributed by atoms with Gasteiger partial charge in [0.2, 0.25) is 10.0 Å². The van der Waals surface area contributed by atoms with Gasteiger partial charge in [-0.3, -0.25) is 4.40 Å². The average molecular weight is 487 g/mol. The van der Waals surface area contributed by atoms with Crippen molar-refractivity contribution in [2.24, 2.45) is 5.92 Å². The van der Waals surface area contributed by atoms with Crippen LogP contribution in [0.2, 0.25) is 0 Å². The van der Waals surface area contributed by atoms with Gasteiger partial charge < -0.3 is 10.8 Å². The molecule has 8 nitrogen and oxygen atoms in total. The number of hydrogen-bond donors (Lipinski definition) is 2. The number of aliphatic hydroxyl groups excluding tert-OH is 1. The van der Waals surface area contributed by atoms with Gasteiger partial charge in [-0.15, -0.1) is 0 Å². The largest absolute Gasteiger partial charge is 0.434 e. The molecule has 0 saturated carbocycles. The van der Waals surface area contributed by atoms with Gasteiger partial charge in [-0.2, -0.15) is 17.5 Å². The summed E-state index contributed by atoms with van der Waals surface area (Å²) in [5, 5.41) is 9.41. The first-order chi connectivity index (χ1) is 15.4. The Morgan fingerprint density at radius 1 is 1.30 bits per heavy atom. The third kappa shape index (κ3) is 4.15. The smallest absolute Gasteiger partial charge is 0.396 e. The van der Waals surface area contributed by atoms with Crippen LogP contribution in [0, 0.1) is 18.7 Å². The van der Waals surface area contributed by atoms with E-state index in [1.807, 2.05) is 0 Å². The van der Waals surface area contributed by atoms with Crippen molar-refractivity contribution in [2.75, 3.05) is 25.4 Å². The van der Waals surface area contributed by atoms with Gasteiger partial charge >= 0.3 is 6.18 Å². The summed E-state index contributed by atoms with van der Waals surface area (Å²) in [4.78, 5) is 6.74. The van der Waals surface area contributed by atoms with Crippen molar-refractivity contribution in [1.82, 2.24) is 18.7 Å². The first kappa shape index (κ1) is 23.4. The number of hydrogen-bond acceptors (Lipinski definition) is 6. The van der Waals surface area contributed by atoms with Crippen molar-refractivity contribution in [2.45, 2.75) is 30.8 Å². The number of sulfonamides is 1. The second-order valence-corrected chi connectivity index (χ2v) is 9.90. The topological polar surface area (TPSA) is 114 Å². The van der Waals surface area contributed by atoms with E-state index >= 15 is 0 Å². The zero-order chi connectivity index (χ0) is 24.1. The summed E-state index contributed by atoms with van der Waals surface area (Å²) >= 11 is 0. The Bertz CT molecular complexity index is 1320. The molecule has 3 heterocycles. The van der Waals surface area contributed by atoms with Crippen LogP contribution in [0.1, 0.15) is 24.1 Å². The molecule has 1 saturated heterocycles. The second-order valence-electron chi connectivity index (χ2n) is 8.00. The number of fused-ring (bicyclic) bond motifs is 1. The van der Waals surface area contributed by atoms with Crippen LogP contribution in [0.25, 0.3) is 16.9 Å². The maximum Gasteiger partial charge on any atom is 0.434 e. The van der Waals surface area contributed by atoms with E-state index in [-0.39, 0.29) is 42.5 Å². The van der Waals surface area contributed by atoms with Crippen LogP contribution in [0.5, 0.6) is 0 Å². The van der Waals surface area contributed by atoms with Gasteiger partial charge in [0, 0.05) is 31.5 Å². The zero-order valence-electron chi connectivity index (χ0n) is 17.5. The zero-order valence-corrected chi connectivity index (χ0v) is 18.3. The van der Waals surface area contributed by atoms with Crippen LogP contribution in [0.15, 0.2) is 29.4 Å². The molecule has 1 aliphatic rings. The number of rotatable bonds is 4. The quantitative estimate of drug-likeness (QED) is 0.547. The minimum atomic E-state index is -4.77. The van der Waals surface area contributed by atoms with Crippen molar-refractivity contribution in [3.05, 3.63) is 41.6 Å². The SMILES string of the molecule is Cc1cc(F)c(S(=O)(=O)N2CCCC(CO)C2)cc1-c1cnc2c(N)nc(C(F)(F)F)cn12. The van der Waals surface area contributed by atoms with Gasteiger partial charge in [0.25, 0.3) is 0 Å². The molecule has 0 spiro atoms. The maximum atomic E-state index is 14.8. The van der Waals surface area contributed by atoms with Gasteiger partial charge in [0.15, 0.2) is 17.2 Å². The molecule has 2 aromatic heterocycles. The van der Waals surface area contributed by atoms with Crippen LogP contribution >= 0.6 is 0 Å². The summed E-state index contributed by atoms with van der Waals surface area (Å²) < 4.78 is 83.2. The fraction of sp³-hybridized carbons (Fsp3) is 0.400. The van der Waals surface area contributed by atoms with Gasteiger partial charge in [-0.25, -0.2) is 22.8 Å². The normalized spacial score (nSPS) is 18.2. The Morgan fingerprint density at radius 3 is 2.70 bits per heavy atom. The summed E-state index contributed by atoms with van der Waals surface area (Å²) in [5.41, 5.74) is 4.93. The number of nitrogens with two attached hydrogens (primary N) is 1. The van der Waals surface area contributed by atoms with Crippen molar-refractivity contribution in [3.63, 3.8) is 0 Å². The average Bonchev–Trinajstić information content (AvgIpc) is 3.17. The van der Waals surface area contributed by atoms with Crippen LogP contribution < -0.4 is 5.73 Å². The summed E-state index contributed by atoms with van der Waals surface area (Å²) in [5.74, 6) is -1.68. The minimum Gasteiger partial charge on any atom is -0.396 e. The molecule has 1 unspecified atom stereocenters. The molecule has 0 aliphatic carbocycles. The maximum absolute atomic E-state index is 14.8. The first-order valence-electron chi connectivity index (χ1n) is 10.1. The molecule has 13 heteroatoms. The Morgan fingerprint density at radius 2 is 2.03 bits per heavy atom. The predicted octanol–water partition coefficient (Wildman–Crippen LogP) is 2.84. The second kappa shape index (κ2) is 8.22. The molecule has 1 aromatic carbocycles. The molecule has 0 amide bonds. The molecule has 0 radical (unpaired) electrons. The number of alkyl halides is 3. The third-order valence-electron chi connectivity index (χ3n) is 5.72. The lowest BCUT2D eigenvalue weighted by Crippen LogP contribution is -2.41. The van der Waals surface area contributed by atoms with Gasteiger partial charge in [-0.05, 0) is 43.4 Å². The van der Waals surface area contributed by atoms with E-state index in [1.54, 1.807) is 0 Å². The van der Waals surface area contributed by atoms with Gasteiger partial charge in [-0.1, -0.05) is 0 Å². The first-order valence-corrected chi connectivity index (χ1v) is 11.5. The van der Waals surface area contributed by atoms with Gasteiger partial charge in [0.05, 0.1) is 11.9 Å². The van der Waals surface area contributed by atoms with E-state index in [1.165, 1.54) is 13.1 Å². The summed E-state index contributed by atoms with van der Waals surface area (Å²) in [7, 11) is -4.26. The van der Waals surface area contributed by atoms with Crippen molar-refractivity contribution in [3.8, 4) is 11.3 Å². The van der Waals surface area contributed by atoms with E-state index < -0.39 is 38.4 Å². The number of aliphatic hydroxyl groups is 1. The van der Waals surface area contributed by atoms with Crippen LogP contribution in [-0.2, 0) is 16.2 Å². The number of aryl methyl sites for hydroxylation is 1. The number of anilines is 1. The highest BCUT2D eigenvalue weighted by Crippen LogP contribution is 2.34. The molecule has 0 bridgehead atoms. The highest BCUT2D eigenvalue weighted by molar-refractivity contribution is 7.89. The van der Waals surface area contributed by atoms with Crippen LogP contribution in [0.3, 0.4) is 0 Å².